The molecule has 2 aromatic rings. The van der Waals surface area contributed by atoms with E-state index in [1.807, 2.05) is 12.3 Å². The summed E-state index contributed by atoms with van der Waals surface area (Å²) in [4.78, 5) is 17.8. The molecule has 6 heteroatoms. The van der Waals surface area contributed by atoms with Crippen molar-refractivity contribution < 1.29 is 9.18 Å². The Kier molecular flexibility index (Phi) is 4.68. The molecule has 20 heavy (non-hydrogen) atoms. The molecular formula is C14H16FN3OS. The fourth-order valence-electron chi connectivity index (χ4n) is 1.76. The van der Waals surface area contributed by atoms with Crippen molar-refractivity contribution in [1.29, 1.82) is 0 Å². The number of amides is 2. The Morgan fingerprint density at radius 2 is 2.30 bits per heavy atom. The van der Waals surface area contributed by atoms with Crippen molar-refractivity contribution in [2.75, 3.05) is 7.05 Å². The lowest BCUT2D eigenvalue weighted by Gasteiger charge is -2.16. The standard InChI is InChI=1S/C14H16FN3OS/c1-10-17-13(9-20-10)8-18(2)14(19)16-7-11-4-3-5-12(15)6-11/h3-6,9H,7-8H2,1-2H3,(H,16,19). The van der Waals surface area contributed by atoms with Gasteiger partial charge in [0.2, 0.25) is 0 Å². The van der Waals surface area contributed by atoms with E-state index in [-0.39, 0.29) is 11.8 Å². The van der Waals surface area contributed by atoms with Gasteiger partial charge in [-0.05, 0) is 24.6 Å². The number of thiazole rings is 1. The Hall–Kier alpha value is -1.95. The molecule has 0 atom stereocenters. The van der Waals surface area contributed by atoms with Gasteiger partial charge in [-0.3, -0.25) is 0 Å². The molecule has 2 amide bonds. The van der Waals surface area contributed by atoms with Crippen molar-refractivity contribution in [2.24, 2.45) is 0 Å². The molecule has 2 rings (SSSR count). The normalized spacial score (nSPS) is 10.3. The molecule has 0 unspecified atom stereocenters. The number of aryl methyl sites for hydroxylation is 1. The van der Waals surface area contributed by atoms with E-state index in [4.69, 9.17) is 0 Å². The number of carbonyl (C=O) groups excluding carboxylic acids is 1. The van der Waals surface area contributed by atoms with Crippen LogP contribution in [0.3, 0.4) is 0 Å². The van der Waals surface area contributed by atoms with Crippen molar-refractivity contribution in [3.63, 3.8) is 0 Å². The monoisotopic (exact) mass is 293 g/mol. The number of halogens is 1. The number of rotatable bonds is 4. The summed E-state index contributed by atoms with van der Waals surface area (Å²) in [7, 11) is 1.70. The minimum Gasteiger partial charge on any atom is -0.334 e. The van der Waals surface area contributed by atoms with Gasteiger partial charge in [0, 0.05) is 19.0 Å². The molecule has 0 aliphatic rings. The first-order chi connectivity index (χ1) is 9.54. The van der Waals surface area contributed by atoms with Crippen molar-refractivity contribution in [3.05, 3.63) is 51.7 Å². The molecule has 1 heterocycles. The van der Waals surface area contributed by atoms with Crippen LogP contribution < -0.4 is 5.32 Å². The lowest BCUT2D eigenvalue weighted by atomic mass is 10.2. The lowest BCUT2D eigenvalue weighted by molar-refractivity contribution is 0.206. The van der Waals surface area contributed by atoms with E-state index < -0.39 is 0 Å². The van der Waals surface area contributed by atoms with Gasteiger partial charge in [0.25, 0.3) is 0 Å². The summed E-state index contributed by atoms with van der Waals surface area (Å²) in [6, 6.07) is 5.97. The van der Waals surface area contributed by atoms with Gasteiger partial charge >= 0.3 is 6.03 Å². The van der Waals surface area contributed by atoms with Crippen LogP contribution >= 0.6 is 11.3 Å². The van der Waals surface area contributed by atoms with Crippen LogP contribution in [0.5, 0.6) is 0 Å². The van der Waals surface area contributed by atoms with Gasteiger partial charge in [-0.2, -0.15) is 0 Å². The second kappa shape index (κ2) is 6.47. The average molecular weight is 293 g/mol. The van der Waals surface area contributed by atoms with Crippen LogP contribution in [0.1, 0.15) is 16.3 Å². The van der Waals surface area contributed by atoms with Crippen molar-refractivity contribution in [3.8, 4) is 0 Å². The van der Waals surface area contributed by atoms with Gasteiger partial charge in [-0.1, -0.05) is 12.1 Å². The summed E-state index contributed by atoms with van der Waals surface area (Å²) in [5.74, 6) is -0.303. The Balaban J connectivity index is 1.85. The summed E-state index contributed by atoms with van der Waals surface area (Å²) in [6.07, 6.45) is 0. The van der Waals surface area contributed by atoms with Crippen LogP contribution in [0, 0.1) is 12.7 Å². The van der Waals surface area contributed by atoms with Gasteiger partial charge in [-0.15, -0.1) is 11.3 Å². The number of nitrogens with zero attached hydrogens (tertiary/aromatic N) is 2. The van der Waals surface area contributed by atoms with Crippen LogP contribution in [0.25, 0.3) is 0 Å². The summed E-state index contributed by atoms with van der Waals surface area (Å²) in [6.45, 7) is 2.69. The number of hydrogen-bond donors (Lipinski definition) is 1. The van der Waals surface area contributed by atoms with E-state index in [9.17, 15) is 9.18 Å². The second-order valence-corrected chi connectivity index (χ2v) is 5.56. The molecule has 0 aliphatic carbocycles. The number of carbonyl (C=O) groups is 1. The SMILES string of the molecule is Cc1nc(CN(C)C(=O)NCc2cccc(F)c2)cs1. The maximum absolute atomic E-state index is 13.0. The molecule has 0 aliphatic heterocycles. The lowest BCUT2D eigenvalue weighted by Crippen LogP contribution is -2.36. The first-order valence-electron chi connectivity index (χ1n) is 6.19. The minimum atomic E-state index is -0.303. The summed E-state index contributed by atoms with van der Waals surface area (Å²) in [5.41, 5.74) is 1.60. The highest BCUT2D eigenvalue weighted by Crippen LogP contribution is 2.10. The first-order valence-corrected chi connectivity index (χ1v) is 7.07. The quantitative estimate of drug-likeness (QED) is 0.942. The Labute approximate surface area is 121 Å². The Morgan fingerprint density at radius 1 is 1.50 bits per heavy atom. The molecule has 0 saturated heterocycles. The van der Waals surface area contributed by atoms with Crippen molar-refractivity contribution in [2.45, 2.75) is 20.0 Å². The third kappa shape index (κ3) is 4.03. The number of nitrogens with one attached hydrogen (secondary N) is 1. The first kappa shape index (κ1) is 14.5. The largest absolute Gasteiger partial charge is 0.334 e. The van der Waals surface area contributed by atoms with E-state index in [0.29, 0.717) is 13.1 Å². The van der Waals surface area contributed by atoms with Gasteiger partial charge in [-0.25, -0.2) is 14.2 Å². The summed E-state index contributed by atoms with van der Waals surface area (Å²) in [5, 5.41) is 5.67. The molecule has 1 aromatic heterocycles. The van der Waals surface area contributed by atoms with Crippen LogP contribution in [-0.4, -0.2) is 23.0 Å². The number of urea groups is 1. The maximum atomic E-state index is 13.0. The highest BCUT2D eigenvalue weighted by Gasteiger charge is 2.10. The molecule has 0 saturated carbocycles. The van der Waals surface area contributed by atoms with E-state index in [0.717, 1.165) is 16.3 Å². The topological polar surface area (TPSA) is 45.2 Å². The second-order valence-electron chi connectivity index (χ2n) is 4.50. The molecule has 1 aromatic carbocycles. The average Bonchev–Trinajstić information content (AvgIpc) is 2.81. The highest BCUT2D eigenvalue weighted by molar-refractivity contribution is 7.09. The van der Waals surface area contributed by atoms with Gasteiger partial charge < -0.3 is 10.2 Å². The predicted octanol–water partition coefficient (Wildman–Crippen LogP) is 2.93. The van der Waals surface area contributed by atoms with Gasteiger partial charge in [0.1, 0.15) is 5.82 Å². The highest BCUT2D eigenvalue weighted by atomic mass is 32.1. The Morgan fingerprint density at radius 3 is 2.95 bits per heavy atom. The van der Waals surface area contributed by atoms with Crippen molar-refractivity contribution >= 4 is 17.4 Å². The number of hydrogen-bond acceptors (Lipinski definition) is 3. The summed E-state index contributed by atoms with van der Waals surface area (Å²) >= 11 is 1.56. The van der Waals surface area contributed by atoms with Crippen molar-refractivity contribution in [1.82, 2.24) is 15.2 Å². The van der Waals surface area contributed by atoms with E-state index >= 15 is 0 Å². The van der Waals surface area contributed by atoms with Crippen LogP contribution in [0.15, 0.2) is 29.6 Å². The number of benzene rings is 1. The fourth-order valence-corrected chi connectivity index (χ4v) is 2.36. The zero-order chi connectivity index (χ0) is 14.5. The maximum Gasteiger partial charge on any atom is 0.317 e. The third-order valence-corrected chi connectivity index (χ3v) is 3.57. The minimum absolute atomic E-state index is 0.208. The van der Waals surface area contributed by atoms with E-state index in [1.165, 1.54) is 12.1 Å². The fraction of sp³-hybridized carbons (Fsp3) is 0.286. The van der Waals surface area contributed by atoms with Gasteiger partial charge in [0.15, 0.2) is 0 Å². The van der Waals surface area contributed by atoms with E-state index in [1.54, 1.807) is 35.4 Å². The molecule has 1 N–H and O–H groups in total. The molecule has 4 nitrogen and oxygen atoms in total. The molecule has 0 bridgehead atoms. The van der Waals surface area contributed by atoms with Gasteiger partial charge in [0.05, 0.1) is 17.2 Å². The summed E-state index contributed by atoms with van der Waals surface area (Å²) < 4.78 is 13.0. The molecule has 0 fully saturated rings. The zero-order valence-corrected chi connectivity index (χ0v) is 12.2. The van der Waals surface area contributed by atoms with E-state index in [2.05, 4.69) is 10.3 Å². The van der Waals surface area contributed by atoms with Crippen LogP contribution in [0.4, 0.5) is 9.18 Å². The van der Waals surface area contributed by atoms with Crippen LogP contribution in [0.2, 0.25) is 0 Å². The molecule has 106 valence electrons. The molecule has 0 radical (unpaired) electrons. The predicted molar refractivity (Wildman–Crippen MR) is 77.0 cm³/mol. The molecular weight excluding hydrogens is 277 g/mol. The Bertz CT molecular complexity index is 600. The number of aromatic nitrogens is 1. The molecule has 0 spiro atoms. The smallest absolute Gasteiger partial charge is 0.317 e. The third-order valence-electron chi connectivity index (χ3n) is 2.75. The van der Waals surface area contributed by atoms with Crippen LogP contribution in [-0.2, 0) is 13.1 Å². The zero-order valence-electron chi connectivity index (χ0n) is 11.4.